The first-order valence-electron chi connectivity index (χ1n) is 6.86. The number of amides is 1. The zero-order valence-corrected chi connectivity index (χ0v) is 17.3. The van der Waals surface area contributed by atoms with Crippen molar-refractivity contribution in [3.05, 3.63) is 47.2 Å². The molecule has 0 unspecified atom stereocenters. The number of para-hydroxylation sites is 1. The van der Waals surface area contributed by atoms with Crippen LogP contribution in [0.4, 0.5) is 5.69 Å². The van der Waals surface area contributed by atoms with Crippen LogP contribution in [-0.4, -0.2) is 49.4 Å². The average Bonchev–Trinajstić information content (AvgIpc) is 2.48. The first-order valence-corrected chi connectivity index (χ1v) is 11.0. The molecule has 5 N–H and O–H groups in total. The molecule has 0 saturated carbocycles. The van der Waals surface area contributed by atoms with Gasteiger partial charge in [-0.15, -0.1) is 0 Å². The van der Waals surface area contributed by atoms with Crippen molar-refractivity contribution in [1.29, 1.82) is 0 Å². The number of nitrogens with zero attached hydrogens (tertiary/aromatic N) is 1. The van der Waals surface area contributed by atoms with E-state index in [2.05, 4.69) is 26.2 Å². The van der Waals surface area contributed by atoms with Crippen LogP contribution in [0.2, 0.25) is 0 Å². The maximum atomic E-state index is 11.0. The number of anilines is 1. The molecule has 0 fully saturated rings. The monoisotopic (exact) mass is 492 g/mol. The number of pyridine rings is 1. The molecule has 11 heteroatoms. The number of nitrogens with one attached hydrogen (secondary N) is 1. The van der Waals surface area contributed by atoms with Crippen LogP contribution >= 0.6 is 15.9 Å². The fourth-order valence-electron chi connectivity index (χ4n) is 1.40. The number of aromatic nitrogens is 1. The zero-order chi connectivity index (χ0) is 20.3. The molecular formula is C15H18AsBrN2O7. The van der Waals surface area contributed by atoms with Crippen LogP contribution < -0.4 is 9.67 Å². The second-order valence-corrected chi connectivity index (χ2v) is 8.80. The van der Waals surface area contributed by atoms with E-state index in [4.69, 9.17) is 18.1 Å². The zero-order valence-electron chi connectivity index (χ0n) is 13.8. The summed E-state index contributed by atoms with van der Waals surface area (Å²) in [5, 5.41) is 19.2. The van der Waals surface area contributed by atoms with Crippen LogP contribution in [0.5, 0.6) is 5.75 Å². The normalized spacial score (nSPS) is 9.73. The molecule has 0 spiro atoms. The van der Waals surface area contributed by atoms with E-state index in [9.17, 15) is 13.6 Å². The van der Waals surface area contributed by atoms with E-state index in [1.54, 1.807) is 12.4 Å². The molecule has 0 bridgehead atoms. The number of carboxylic acid groups (broad SMARTS) is 1. The Kier molecular flexibility index (Phi) is 10.5. The van der Waals surface area contributed by atoms with Gasteiger partial charge in [0, 0.05) is 23.8 Å². The van der Waals surface area contributed by atoms with E-state index in [1.807, 2.05) is 12.1 Å². The molecule has 0 atom stereocenters. The number of aliphatic carboxylic acids is 1. The number of hydrogen-bond donors (Lipinski definition) is 5. The number of phenolic OH excluding ortho intramolecular Hbond substituents is 1. The molecule has 9 nitrogen and oxygen atoms in total. The number of carbonyl (C=O) groups is 2. The molecule has 1 aromatic carbocycles. The van der Waals surface area contributed by atoms with E-state index in [0.717, 1.165) is 17.5 Å². The Hall–Kier alpha value is -2.13. The summed E-state index contributed by atoms with van der Waals surface area (Å²) in [6.07, 6.45) is 3.49. The van der Waals surface area contributed by atoms with Crippen molar-refractivity contribution >= 4 is 52.0 Å². The third kappa shape index (κ3) is 10.7. The Morgan fingerprint density at radius 1 is 1.15 bits per heavy atom. The standard InChI is InChI=1S/C8H10AsNO5.C5H4BrN.C2H4O2/c1-5(11)10-7-4-2-3-6(8(7)12)9(13,14)15;6-5-2-1-3-7-4-5;1-2(3)4/h2-4,12H,1H3,(H,10,11)(H2,13,14,15);1-4H;1H3,(H,3,4). The summed E-state index contributed by atoms with van der Waals surface area (Å²) in [5.74, 6) is -1.85. The first kappa shape index (κ1) is 23.9. The van der Waals surface area contributed by atoms with Crippen LogP contribution in [0.25, 0.3) is 0 Å². The maximum Gasteiger partial charge on any atom is 0.300 e. The van der Waals surface area contributed by atoms with E-state index >= 15 is 0 Å². The number of rotatable bonds is 2. The van der Waals surface area contributed by atoms with E-state index < -0.39 is 36.1 Å². The molecule has 0 aliphatic rings. The van der Waals surface area contributed by atoms with Crippen LogP contribution in [0.1, 0.15) is 13.8 Å². The van der Waals surface area contributed by atoms with Gasteiger partial charge in [0.25, 0.3) is 5.97 Å². The Bertz CT molecular complexity index is 777. The number of phenols is 1. The first-order chi connectivity index (χ1) is 11.9. The van der Waals surface area contributed by atoms with Gasteiger partial charge in [0.15, 0.2) is 0 Å². The van der Waals surface area contributed by atoms with Crippen LogP contribution in [0.15, 0.2) is 47.2 Å². The number of carboxylic acids is 1. The molecule has 142 valence electrons. The molecule has 1 heterocycles. The predicted octanol–water partition coefficient (Wildman–Crippen LogP) is 0.847. The average molecular weight is 493 g/mol. The Morgan fingerprint density at radius 3 is 2.08 bits per heavy atom. The van der Waals surface area contributed by atoms with Crippen molar-refractivity contribution in [1.82, 2.24) is 4.98 Å². The SMILES string of the molecule is Brc1cccnc1.CC(=O)Nc1cccc([As](=O)(O)O)c1O.CC(=O)O. The molecule has 0 aliphatic carbocycles. The number of benzene rings is 1. The van der Waals surface area contributed by atoms with Gasteiger partial charge in [0.1, 0.15) is 0 Å². The van der Waals surface area contributed by atoms with Crippen LogP contribution in [0.3, 0.4) is 0 Å². The van der Waals surface area contributed by atoms with Crippen molar-refractivity contribution in [3.8, 4) is 5.75 Å². The molecule has 2 rings (SSSR count). The van der Waals surface area contributed by atoms with E-state index in [0.29, 0.717) is 0 Å². The quantitative estimate of drug-likeness (QED) is 0.305. The summed E-state index contributed by atoms with van der Waals surface area (Å²) < 4.78 is 29.4. The molecule has 1 aromatic heterocycles. The van der Waals surface area contributed by atoms with Gasteiger partial charge in [0.2, 0.25) is 0 Å². The fourth-order valence-corrected chi connectivity index (χ4v) is 3.09. The summed E-state index contributed by atoms with van der Waals surface area (Å²) in [7, 11) is 0. The number of carbonyl (C=O) groups excluding carboxylic acids is 1. The molecule has 0 radical (unpaired) electrons. The van der Waals surface area contributed by atoms with Crippen LogP contribution in [-0.2, 0) is 13.3 Å². The van der Waals surface area contributed by atoms with Gasteiger partial charge in [-0.2, -0.15) is 0 Å². The molecule has 2 aromatic rings. The summed E-state index contributed by atoms with van der Waals surface area (Å²) in [5.41, 5.74) is -0.00951. The Labute approximate surface area is 160 Å². The number of halogens is 1. The third-order valence-corrected chi connectivity index (χ3v) is 4.81. The minimum Gasteiger partial charge on any atom is -0.481 e. The molecule has 1 amide bonds. The molecule has 0 aliphatic heterocycles. The maximum absolute atomic E-state index is 11.0. The van der Waals surface area contributed by atoms with Gasteiger partial charge in [0.05, 0.1) is 0 Å². The molecule has 26 heavy (non-hydrogen) atoms. The molecule has 0 saturated heterocycles. The van der Waals surface area contributed by atoms with Gasteiger partial charge in [-0.1, -0.05) is 0 Å². The minimum absolute atomic E-state index is 0.00951. The summed E-state index contributed by atoms with van der Waals surface area (Å²) in [4.78, 5) is 23.6. The van der Waals surface area contributed by atoms with E-state index in [1.165, 1.54) is 19.1 Å². The van der Waals surface area contributed by atoms with E-state index in [-0.39, 0.29) is 5.69 Å². The fraction of sp³-hybridized carbons (Fsp3) is 0.133. The largest absolute Gasteiger partial charge is 0.481 e. The van der Waals surface area contributed by atoms with Crippen molar-refractivity contribution in [2.75, 3.05) is 5.32 Å². The Balaban J connectivity index is 0.000000467. The smallest absolute Gasteiger partial charge is 0.300 e. The van der Waals surface area contributed by atoms with Gasteiger partial charge in [-0.25, -0.2) is 0 Å². The third-order valence-electron chi connectivity index (χ3n) is 2.26. The summed E-state index contributed by atoms with van der Waals surface area (Å²) >= 11 is -1.90. The topological polar surface area (TPSA) is 157 Å². The molecular weight excluding hydrogens is 475 g/mol. The second-order valence-electron chi connectivity index (χ2n) is 4.59. The van der Waals surface area contributed by atoms with Gasteiger partial charge in [-0.3, -0.25) is 9.78 Å². The van der Waals surface area contributed by atoms with Crippen molar-refractivity contribution in [3.63, 3.8) is 0 Å². The summed E-state index contributed by atoms with van der Waals surface area (Å²) in [6, 6.07) is 7.64. The Morgan fingerprint density at radius 2 is 1.73 bits per heavy atom. The predicted molar refractivity (Wildman–Crippen MR) is 98.2 cm³/mol. The number of hydrogen-bond acceptors (Lipinski definition) is 5. The minimum atomic E-state index is -5.15. The van der Waals surface area contributed by atoms with Gasteiger partial charge >= 0.3 is 88.1 Å². The van der Waals surface area contributed by atoms with Gasteiger partial charge < -0.3 is 5.11 Å². The van der Waals surface area contributed by atoms with Crippen molar-refractivity contribution < 1.29 is 31.7 Å². The number of aromatic hydroxyl groups is 1. The van der Waals surface area contributed by atoms with Gasteiger partial charge in [-0.05, 0) is 28.1 Å². The second kappa shape index (κ2) is 11.5. The van der Waals surface area contributed by atoms with Crippen LogP contribution in [0, 0.1) is 0 Å². The van der Waals surface area contributed by atoms with Crippen molar-refractivity contribution in [2.24, 2.45) is 0 Å². The van der Waals surface area contributed by atoms with Crippen molar-refractivity contribution in [2.45, 2.75) is 13.8 Å². The summed E-state index contributed by atoms with van der Waals surface area (Å²) in [6.45, 7) is 2.31.